The first-order chi connectivity index (χ1) is 14.0. The summed E-state index contributed by atoms with van der Waals surface area (Å²) in [7, 11) is -2.20. The maximum absolute atomic E-state index is 12.9. The second kappa shape index (κ2) is 9.47. The van der Waals surface area contributed by atoms with Gasteiger partial charge in [-0.15, -0.1) is 0 Å². The number of carbonyl (C=O) groups excluding carboxylic acids is 3. The third kappa shape index (κ3) is 4.86. The Morgan fingerprint density at radius 2 is 1.67 bits per heavy atom. The summed E-state index contributed by atoms with van der Waals surface area (Å²) in [6.07, 6.45) is 3.92. The molecule has 2 rings (SSSR count). The zero-order valence-corrected chi connectivity index (χ0v) is 20.3. The lowest BCUT2D eigenvalue weighted by Gasteiger charge is -2.51. The van der Waals surface area contributed by atoms with Gasteiger partial charge in [-0.05, 0) is 45.8 Å². The molecular formula is C22H36N2O5Si. The lowest BCUT2D eigenvalue weighted by Crippen LogP contribution is -2.76. The van der Waals surface area contributed by atoms with Gasteiger partial charge in [-0.25, -0.2) is 4.79 Å². The minimum absolute atomic E-state index is 0.215. The molecule has 0 aliphatic carbocycles. The molecule has 0 bridgehead atoms. The molecule has 1 unspecified atom stereocenters. The average molecular weight is 437 g/mol. The van der Waals surface area contributed by atoms with E-state index < -0.39 is 19.9 Å². The Labute approximate surface area is 180 Å². The van der Waals surface area contributed by atoms with Gasteiger partial charge in [-0.2, -0.15) is 5.06 Å². The first kappa shape index (κ1) is 24.3. The normalized spacial score (nSPS) is 25.6. The molecule has 2 saturated heterocycles. The Balaban J connectivity index is 2.26. The van der Waals surface area contributed by atoms with Gasteiger partial charge in [0.05, 0.1) is 24.9 Å². The summed E-state index contributed by atoms with van der Waals surface area (Å²) in [5.41, 5.74) is 0.794. The largest absolute Gasteiger partial charge is 0.400 e. The van der Waals surface area contributed by atoms with Crippen LogP contribution >= 0.6 is 0 Å². The van der Waals surface area contributed by atoms with E-state index in [0.717, 1.165) is 34.3 Å². The van der Waals surface area contributed by atoms with Crippen LogP contribution in [0.1, 0.15) is 61.3 Å². The second-order valence-electron chi connectivity index (χ2n) is 8.81. The van der Waals surface area contributed by atoms with E-state index in [1.54, 1.807) is 0 Å². The topological polar surface area (TPSA) is 84.9 Å². The van der Waals surface area contributed by atoms with E-state index in [1.165, 1.54) is 0 Å². The fraction of sp³-hybridized carbons (Fsp3) is 0.682. The van der Waals surface area contributed by atoms with Crippen molar-refractivity contribution < 1.29 is 23.6 Å². The van der Waals surface area contributed by atoms with Gasteiger partial charge in [0.15, 0.2) is 13.9 Å². The summed E-state index contributed by atoms with van der Waals surface area (Å²) in [6.45, 7) is 14.0. The van der Waals surface area contributed by atoms with E-state index in [4.69, 9.17) is 9.26 Å². The van der Waals surface area contributed by atoms with Crippen LogP contribution < -0.4 is 5.32 Å². The average Bonchev–Trinajstić information content (AvgIpc) is 2.68. The van der Waals surface area contributed by atoms with Crippen LogP contribution in [0.3, 0.4) is 0 Å². The standard InChI is InChI=1S/C22H36N2O5Si/c1-8-30(9-2,10-3)29-22(18(12-16(6)7)23-21(22)27)14-20(26)28-24-17(11-15(4)5)13-19(24)25/h11-12,17-18H,8-10,13-14H2,1-7H3,(H,23,27)/t17?,18-,22-/m0/s1. The molecule has 2 amide bonds. The molecule has 168 valence electrons. The first-order valence-corrected chi connectivity index (χ1v) is 13.4. The summed E-state index contributed by atoms with van der Waals surface area (Å²) in [4.78, 5) is 43.0. The number of hydrogen-bond acceptors (Lipinski definition) is 5. The SMILES string of the molecule is CC[Si](CC)(CC)O[C@]1(CC(=O)ON2C(=O)CC2C=C(C)C)C(=O)N[C@H]1C=C(C)C. The van der Waals surface area contributed by atoms with Crippen LogP contribution in [0.15, 0.2) is 23.3 Å². The van der Waals surface area contributed by atoms with Crippen molar-refractivity contribution in [1.82, 2.24) is 10.4 Å². The van der Waals surface area contributed by atoms with Gasteiger partial charge in [0, 0.05) is 0 Å². The lowest BCUT2D eigenvalue weighted by molar-refractivity contribution is -0.224. The third-order valence-electron chi connectivity index (χ3n) is 6.07. The van der Waals surface area contributed by atoms with Crippen molar-refractivity contribution in [2.24, 2.45) is 0 Å². The minimum Gasteiger partial charge on any atom is -0.400 e. The molecule has 0 aromatic rings. The van der Waals surface area contributed by atoms with Crippen molar-refractivity contribution in [1.29, 1.82) is 0 Å². The maximum Gasteiger partial charge on any atom is 0.336 e. The fourth-order valence-electron chi connectivity index (χ4n) is 4.05. The van der Waals surface area contributed by atoms with E-state index in [1.807, 2.05) is 39.8 Å². The fourth-order valence-corrected chi connectivity index (χ4v) is 7.05. The van der Waals surface area contributed by atoms with Crippen molar-refractivity contribution in [2.45, 2.75) is 97.1 Å². The van der Waals surface area contributed by atoms with Crippen molar-refractivity contribution >= 4 is 26.1 Å². The molecule has 1 N–H and O–H groups in total. The van der Waals surface area contributed by atoms with Gasteiger partial charge in [0.2, 0.25) is 0 Å². The lowest BCUT2D eigenvalue weighted by atomic mass is 9.81. The van der Waals surface area contributed by atoms with Crippen LogP contribution in [0, 0.1) is 0 Å². The quantitative estimate of drug-likeness (QED) is 0.321. The number of nitrogens with one attached hydrogen (secondary N) is 1. The van der Waals surface area contributed by atoms with Crippen molar-refractivity contribution in [3.8, 4) is 0 Å². The number of β-lactam (4-membered cyclic amide) rings is 2. The highest BCUT2D eigenvalue weighted by atomic mass is 28.4. The summed E-state index contributed by atoms with van der Waals surface area (Å²) in [5.74, 6) is -1.15. The zero-order chi connectivity index (χ0) is 22.7. The second-order valence-corrected chi connectivity index (χ2v) is 13.5. The van der Waals surface area contributed by atoms with Gasteiger partial charge in [-0.3, -0.25) is 9.59 Å². The highest BCUT2D eigenvalue weighted by molar-refractivity contribution is 6.73. The molecular weight excluding hydrogens is 400 g/mol. The molecule has 2 heterocycles. The van der Waals surface area contributed by atoms with E-state index in [0.29, 0.717) is 6.42 Å². The minimum atomic E-state index is -2.20. The predicted molar refractivity (Wildman–Crippen MR) is 118 cm³/mol. The maximum atomic E-state index is 12.9. The predicted octanol–water partition coefficient (Wildman–Crippen LogP) is 3.63. The van der Waals surface area contributed by atoms with Crippen molar-refractivity contribution in [3.05, 3.63) is 23.3 Å². The molecule has 0 radical (unpaired) electrons. The van der Waals surface area contributed by atoms with Crippen LogP contribution in [-0.4, -0.2) is 48.8 Å². The number of carbonyl (C=O) groups is 3. The van der Waals surface area contributed by atoms with Crippen LogP contribution in [0.4, 0.5) is 0 Å². The summed E-state index contributed by atoms with van der Waals surface area (Å²) >= 11 is 0. The van der Waals surface area contributed by atoms with Crippen molar-refractivity contribution in [3.63, 3.8) is 0 Å². The molecule has 2 fully saturated rings. The van der Waals surface area contributed by atoms with Gasteiger partial charge in [-0.1, -0.05) is 44.1 Å². The van der Waals surface area contributed by atoms with Gasteiger partial charge < -0.3 is 14.6 Å². The van der Waals surface area contributed by atoms with Gasteiger partial charge >= 0.3 is 5.97 Å². The number of rotatable bonds is 10. The Morgan fingerprint density at radius 1 is 1.10 bits per heavy atom. The van der Waals surface area contributed by atoms with E-state index in [9.17, 15) is 14.4 Å². The molecule has 2 aliphatic rings. The zero-order valence-electron chi connectivity index (χ0n) is 19.3. The monoisotopic (exact) mass is 436 g/mol. The smallest absolute Gasteiger partial charge is 0.336 e. The number of hydrogen-bond donors (Lipinski definition) is 1. The van der Waals surface area contributed by atoms with E-state index >= 15 is 0 Å². The first-order valence-electron chi connectivity index (χ1n) is 10.9. The Morgan fingerprint density at radius 3 is 2.10 bits per heavy atom. The molecule has 0 saturated carbocycles. The van der Waals surface area contributed by atoms with E-state index in [2.05, 4.69) is 26.1 Å². The molecule has 30 heavy (non-hydrogen) atoms. The summed E-state index contributed by atoms with van der Waals surface area (Å²) < 4.78 is 6.62. The highest BCUT2D eigenvalue weighted by Crippen LogP contribution is 2.38. The molecule has 0 spiro atoms. The van der Waals surface area contributed by atoms with Crippen LogP contribution in [0.2, 0.25) is 18.1 Å². The Bertz CT molecular complexity index is 742. The Kier molecular flexibility index (Phi) is 7.68. The van der Waals surface area contributed by atoms with Crippen LogP contribution in [-0.2, 0) is 23.6 Å². The van der Waals surface area contributed by atoms with Crippen LogP contribution in [0.5, 0.6) is 0 Å². The summed E-state index contributed by atoms with van der Waals surface area (Å²) in [5, 5.41) is 3.99. The molecule has 0 aromatic heterocycles. The molecule has 2 aliphatic heterocycles. The van der Waals surface area contributed by atoms with Gasteiger partial charge in [0.25, 0.3) is 11.8 Å². The number of allylic oxidation sites excluding steroid dienone is 2. The van der Waals surface area contributed by atoms with E-state index in [-0.39, 0.29) is 30.3 Å². The number of hydroxylamine groups is 2. The summed E-state index contributed by atoms with van der Waals surface area (Å²) in [6, 6.07) is 1.94. The van der Waals surface area contributed by atoms with Crippen LogP contribution in [0.25, 0.3) is 0 Å². The third-order valence-corrected chi connectivity index (χ3v) is 10.7. The highest BCUT2D eigenvalue weighted by Gasteiger charge is 2.60. The van der Waals surface area contributed by atoms with Crippen molar-refractivity contribution in [2.75, 3.05) is 0 Å². The molecule has 8 heteroatoms. The van der Waals surface area contributed by atoms with Gasteiger partial charge in [0.1, 0.15) is 0 Å². The number of amides is 2. The molecule has 7 nitrogen and oxygen atoms in total. The number of nitrogens with zero attached hydrogens (tertiary/aromatic N) is 1. The molecule has 0 aromatic carbocycles. The molecule has 3 atom stereocenters. The Hall–Kier alpha value is -1.93.